The van der Waals surface area contributed by atoms with Gasteiger partial charge in [-0.25, -0.2) is 0 Å². The lowest BCUT2D eigenvalue weighted by atomic mass is 9.82. The molecule has 0 radical (unpaired) electrons. The fourth-order valence-corrected chi connectivity index (χ4v) is 5.04. The number of rotatable bonds is 7. The van der Waals surface area contributed by atoms with E-state index in [0.717, 1.165) is 46.6 Å². The third-order valence-electron chi connectivity index (χ3n) is 6.66. The summed E-state index contributed by atoms with van der Waals surface area (Å²) >= 11 is 3.64. The van der Waals surface area contributed by atoms with Crippen molar-refractivity contribution < 1.29 is 0 Å². The lowest BCUT2D eigenvalue weighted by Gasteiger charge is -2.29. The first-order valence-electron chi connectivity index (χ1n) is 12.5. The lowest BCUT2D eigenvalue weighted by molar-refractivity contribution is 0.424. The van der Waals surface area contributed by atoms with Crippen molar-refractivity contribution in [1.82, 2.24) is 14.8 Å². The minimum Gasteiger partial charge on any atom is -0.278 e. The molecule has 0 aliphatic rings. The molecular formula is C31H36BrN3. The summed E-state index contributed by atoms with van der Waals surface area (Å²) < 4.78 is 3.35. The van der Waals surface area contributed by atoms with Crippen molar-refractivity contribution in [3.63, 3.8) is 0 Å². The Hall–Kier alpha value is -2.72. The van der Waals surface area contributed by atoms with Gasteiger partial charge in [0.1, 0.15) is 5.82 Å². The molecule has 4 aromatic rings. The van der Waals surface area contributed by atoms with Gasteiger partial charge in [-0.05, 0) is 52.8 Å². The highest BCUT2D eigenvalue weighted by Gasteiger charge is 2.31. The van der Waals surface area contributed by atoms with Crippen LogP contribution in [0, 0.1) is 0 Å². The molecule has 0 bridgehead atoms. The van der Waals surface area contributed by atoms with E-state index >= 15 is 0 Å². The molecular weight excluding hydrogens is 494 g/mol. The SMILES string of the molecule is CCCCC(C)(C)c1nnc(-c2cccc(Br)c2)n1-c1ccc(-c2ccccc2)cc1C(C)(C)C. The number of unbranched alkanes of at least 4 members (excludes halogenated alkanes) is 1. The number of halogens is 1. The van der Waals surface area contributed by atoms with Crippen molar-refractivity contribution in [2.24, 2.45) is 0 Å². The van der Waals surface area contributed by atoms with Crippen LogP contribution >= 0.6 is 15.9 Å². The van der Waals surface area contributed by atoms with E-state index in [9.17, 15) is 0 Å². The molecule has 1 aromatic heterocycles. The molecule has 0 saturated carbocycles. The van der Waals surface area contributed by atoms with Gasteiger partial charge in [-0.15, -0.1) is 10.2 Å². The fraction of sp³-hybridized carbons (Fsp3) is 0.355. The molecule has 3 aromatic carbocycles. The van der Waals surface area contributed by atoms with Crippen LogP contribution in [-0.2, 0) is 10.8 Å². The second-order valence-electron chi connectivity index (χ2n) is 11.0. The van der Waals surface area contributed by atoms with Crippen LogP contribution in [0.25, 0.3) is 28.2 Å². The highest BCUT2D eigenvalue weighted by Crippen LogP contribution is 2.39. The molecule has 0 N–H and O–H groups in total. The van der Waals surface area contributed by atoms with Crippen LogP contribution < -0.4 is 0 Å². The number of nitrogens with zero attached hydrogens (tertiary/aromatic N) is 3. The maximum Gasteiger partial charge on any atom is 0.168 e. The summed E-state index contributed by atoms with van der Waals surface area (Å²) in [5.74, 6) is 1.89. The van der Waals surface area contributed by atoms with E-state index in [4.69, 9.17) is 10.2 Å². The van der Waals surface area contributed by atoms with Crippen molar-refractivity contribution in [3.05, 3.63) is 88.7 Å². The Balaban J connectivity index is 1.99. The largest absolute Gasteiger partial charge is 0.278 e. The minimum atomic E-state index is -0.111. The van der Waals surface area contributed by atoms with E-state index in [1.165, 1.54) is 16.7 Å². The highest BCUT2D eigenvalue weighted by molar-refractivity contribution is 9.10. The van der Waals surface area contributed by atoms with Crippen molar-refractivity contribution >= 4 is 15.9 Å². The molecule has 4 heteroatoms. The molecule has 35 heavy (non-hydrogen) atoms. The first-order valence-corrected chi connectivity index (χ1v) is 13.3. The summed E-state index contributed by atoms with van der Waals surface area (Å²) in [4.78, 5) is 0. The maximum atomic E-state index is 4.82. The Morgan fingerprint density at radius 2 is 1.49 bits per heavy atom. The molecule has 0 fully saturated rings. The number of hydrogen-bond donors (Lipinski definition) is 0. The Morgan fingerprint density at radius 1 is 0.771 bits per heavy atom. The van der Waals surface area contributed by atoms with Gasteiger partial charge < -0.3 is 0 Å². The van der Waals surface area contributed by atoms with Crippen molar-refractivity contribution in [2.45, 2.75) is 71.6 Å². The summed E-state index contributed by atoms with van der Waals surface area (Å²) in [6.45, 7) is 13.7. The summed E-state index contributed by atoms with van der Waals surface area (Å²) in [7, 11) is 0. The van der Waals surface area contributed by atoms with Gasteiger partial charge in [0.2, 0.25) is 0 Å². The standard InChI is InChI=1S/C31H36BrN3/c1-7-8-19-31(5,6)29-34-33-28(24-15-12-16-25(32)20-24)35(29)27-18-17-23(21-26(27)30(2,3)4)22-13-10-9-11-14-22/h9-18,20-21H,7-8,19H2,1-6H3. The highest BCUT2D eigenvalue weighted by atomic mass is 79.9. The molecule has 1 heterocycles. The molecule has 4 rings (SSSR count). The van der Waals surface area contributed by atoms with Gasteiger partial charge in [0.05, 0.1) is 5.69 Å². The first kappa shape index (κ1) is 25.4. The topological polar surface area (TPSA) is 30.7 Å². The number of hydrogen-bond acceptors (Lipinski definition) is 2. The van der Waals surface area contributed by atoms with Crippen LogP contribution in [0.1, 0.15) is 72.2 Å². The molecule has 0 unspecified atom stereocenters. The van der Waals surface area contributed by atoms with Crippen LogP contribution in [0.15, 0.2) is 77.3 Å². The smallest absolute Gasteiger partial charge is 0.168 e. The van der Waals surface area contributed by atoms with Gasteiger partial charge in [0.15, 0.2) is 5.82 Å². The zero-order valence-corrected chi connectivity index (χ0v) is 23.4. The van der Waals surface area contributed by atoms with E-state index in [2.05, 4.69) is 129 Å². The third kappa shape index (κ3) is 5.43. The molecule has 3 nitrogen and oxygen atoms in total. The molecule has 0 saturated heterocycles. The molecule has 0 aliphatic heterocycles. The predicted molar refractivity (Wildman–Crippen MR) is 151 cm³/mol. The Labute approximate surface area is 218 Å². The van der Waals surface area contributed by atoms with E-state index in [1.54, 1.807) is 0 Å². The van der Waals surface area contributed by atoms with E-state index in [1.807, 2.05) is 6.07 Å². The van der Waals surface area contributed by atoms with Gasteiger partial charge >= 0.3 is 0 Å². The normalized spacial score (nSPS) is 12.2. The van der Waals surface area contributed by atoms with Crippen LogP contribution in [0.2, 0.25) is 0 Å². The molecule has 0 aliphatic carbocycles. The number of aromatic nitrogens is 3. The van der Waals surface area contributed by atoms with Crippen molar-refractivity contribution in [3.8, 4) is 28.2 Å². The minimum absolute atomic E-state index is 0.0657. The van der Waals surface area contributed by atoms with Gasteiger partial charge in [0, 0.05) is 15.5 Å². The molecule has 0 amide bonds. The Bertz CT molecular complexity index is 1300. The van der Waals surface area contributed by atoms with Gasteiger partial charge in [-0.1, -0.05) is 119 Å². The van der Waals surface area contributed by atoms with Crippen LogP contribution in [-0.4, -0.2) is 14.8 Å². The van der Waals surface area contributed by atoms with E-state index in [-0.39, 0.29) is 10.8 Å². The summed E-state index contributed by atoms with van der Waals surface area (Å²) in [6.07, 6.45) is 3.38. The zero-order valence-electron chi connectivity index (χ0n) is 21.8. The third-order valence-corrected chi connectivity index (χ3v) is 7.15. The maximum absolute atomic E-state index is 4.82. The lowest BCUT2D eigenvalue weighted by Crippen LogP contribution is -2.25. The van der Waals surface area contributed by atoms with Crippen molar-refractivity contribution in [2.75, 3.05) is 0 Å². The second-order valence-corrected chi connectivity index (χ2v) is 11.9. The molecule has 0 spiro atoms. The van der Waals surface area contributed by atoms with E-state index < -0.39 is 0 Å². The summed E-state index contributed by atoms with van der Waals surface area (Å²) in [5.41, 5.74) is 5.76. The summed E-state index contributed by atoms with van der Waals surface area (Å²) in [6, 6.07) is 25.8. The number of benzene rings is 3. The second kappa shape index (κ2) is 10.1. The predicted octanol–water partition coefficient (Wildman–Crippen LogP) is 9.13. The first-order chi connectivity index (χ1) is 16.6. The van der Waals surface area contributed by atoms with E-state index in [0.29, 0.717) is 0 Å². The van der Waals surface area contributed by atoms with Crippen LogP contribution in [0.5, 0.6) is 0 Å². The average Bonchev–Trinajstić information content (AvgIpc) is 3.29. The zero-order chi connectivity index (χ0) is 25.2. The Kier molecular flexibility index (Phi) is 7.32. The fourth-order valence-electron chi connectivity index (χ4n) is 4.64. The van der Waals surface area contributed by atoms with Gasteiger partial charge in [0.25, 0.3) is 0 Å². The van der Waals surface area contributed by atoms with Crippen molar-refractivity contribution in [1.29, 1.82) is 0 Å². The molecule has 0 atom stereocenters. The summed E-state index contributed by atoms with van der Waals surface area (Å²) in [5, 5.41) is 9.60. The van der Waals surface area contributed by atoms with Gasteiger partial charge in [-0.3, -0.25) is 4.57 Å². The van der Waals surface area contributed by atoms with Gasteiger partial charge in [-0.2, -0.15) is 0 Å². The van der Waals surface area contributed by atoms with Crippen LogP contribution in [0.3, 0.4) is 0 Å². The van der Waals surface area contributed by atoms with Crippen LogP contribution in [0.4, 0.5) is 0 Å². The average molecular weight is 531 g/mol. The molecule has 182 valence electrons. The quantitative estimate of drug-likeness (QED) is 0.239. The Morgan fingerprint density at radius 3 is 2.14 bits per heavy atom. The monoisotopic (exact) mass is 529 g/mol.